The van der Waals surface area contributed by atoms with Crippen LogP contribution in [0.25, 0.3) is 11.0 Å². The number of para-hydroxylation sites is 2. The normalized spacial score (nSPS) is 15.4. The van der Waals surface area contributed by atoms with Gasteiger partial charge in [-0.05, 0) is 38.8 Å². The molecule has 1 aliphatic carbocycles. The summed E-state index contributed by atoms with van der Waals surface area (Å²) in [6, 6.07) is 7.91. The standard InChI is InChI=1S/C16H21N3O2/c1-16(2,10-20)18-14(21)9-19-13-6-4-3-5-12(13)17-15(19)11-7-8-11/h3-6,11,20H,7-10H2,1-2H3,(H,18,21). The van der Waals surface area contributed by atoms with E-state index in [9.17, 15) is 9.90 Å². The number of nitrogens with one attached hydrogen (secondary N) is 1. The highest BCUT2D eigenvalue weighted by Crippen LogP contribution is 2.40. The number of aliphatic hydroxyl groups excluding tert-OH is 1. The Balaban J connectivity index is 1.89. The van der Waals surface area contributed by atoms with Crippen molar-refractivity contribution < 1.29 is 9.90 Å². The minimum absolute atomic E-state index is 0.0844. The van der Waals surface area contributed by atoms with Crippen molar-refractivity contribution in [3.8, 4) is 0 Å². The molecule has 21 heavy (non-hydrogen) atoms. The van der Waals surface area contributed by atoms with Gasteiger partial charge in [0.15, 0.2) is 0 Å². The second-order valence-corrected chi connectivity index (χ2v) is 6.41. The fraction of sp³-hybridized carbons (Fsp3) is 0.500. The Morgan fingerprint density at radius 1 is 1.43 bits per heavy atom. The Hall–Kier alpha value is -1.88. The third-order valence-corrected chi connectivity index (χ3v) is 3.80. The van der Waals surface area contributed by atoms with Crippen LogP contribution in [-0.4, -0.2) is 32.7 Å². The average Bonchev–Trinajstić information content (AvgIpc) is 3.22. The number of carbonyl (C=O) groups excluding carboxylic acids is 1. The van der Waals surface area contributed by atoms with Gasteiger partial charge in [0.05, 0.1) is 23.2 Å². The van der Waals surface area contributed by atoms with Gasteiger partial charge >= 0.3 is 0 Å². The summed E-state index contributed by atoms with van der Waals surface area (Å²) in [6.45, 7) is 3.77. The van der Waals surface area contributed by atoms with E-state index >= 15 is 0 Å². The molecule has 1 heterocycles. The minimum atomic E-state index is -0.604. The molecule has 3 rings (SSSR count). The van der Waals surface area contributed by atoms with Crippen molar-refractivity contribution in [3.63, 3.8) is 0 Å². The van der Waals surface area contributed by atoms with Gasteiger partial charge in [0.1, 0.15) is 12.4 Å². The van der Waals surface area contributed by atoms with Crippen LogP contribution in [0.2, 0.25) is 0 Å². The number of rotatable bonds is 5. The van der Waals surface area contributed by atoms with Crippen LogP contribution in [0.1, 0.15) is 38.4 Å². The van der Waals surface area contributed by atoms with E-state index < -0.39 is 5.54 Å². The molecule has 1 saturated carbocycles. The molecule has 2 N–H and O–H groups in total. The molecule has 1 aliphatic rings. The molecule has 5 heteroatoms. The van der Waals surface area contributed by atoms with Crippen LogP contribution in [0.5, 0.6) is 0 Å². The van der Waals surface area contributed by atoms with E-state index in [0.29, 0.717) is 5.92 Å². The summed E-state index contributed by atoms with van der Waals surface area (Å²) in [6.07, 6.45) is 2.29. The lowest BCUT2D eigenvalue weighted by Crippen LogP contribution is -2.47. The van der Waals surface area contributed by atoms with Crippen molar-refractivity contribution in [3.05, 3.63) is 30.1 Å². The smallest absolute Gasteiger partial charge is 0.240 e. The number of imidazole rings is 1. The summed E-state index contributed by atoms with van der Waals surface area (Å²) in [4.78, 5) is 16.9. The molecule has 1 aromatic heterocycles. The van der Waals surface area contributed by atoms with Crippen molar-refractivity contribution >= 4 is 16.9 Å². The summed E-state index contributed by atoms with van der Waals surface area (Å²) < 4.78 is 2.01. The molecule has 112 valence electrons. The third-order valence-electron chi connectivity index (χ3n) is 3.80. The Labute approximate surface area is 124 Å². The van der Waals surface area contributed by atoms with Gasteiger partial charge in [-0.1, -0.05) is 12.1 Å². The van der Waals surface area contributed by atoms with Crippen LogP contribution in [0.4, 0.5) is 0 Å². The SMILES string of the molecule is CC(C)(CO)NC(=O)Cn1c(C2CC2)nc2ccccc21. The lowest BCUT2D eigenvalue weighted by atomic mass is 10.1. The predicted octanol–water partition coefficient (Wildman–Crippen LogP) is 1.80. The van der Waals surface area contributed by atoms with Gasteiger partial charge in [0.2, 0.25) is 5.91 Å². The highest BCUT2D eigenvalue weighted by molar-refractivity contribution is 5.81. The maximum atomic E-state index is 12.3. The number of hydrogen-bond donors (Lipinski definition) is 2. The fourth-order valence-corrected chi connectivity index (χ4v) is 2.51. The van der Waals surface area contributed by atoms with Gasteiger partial charge in [-0.2, -0.15) is 0 Å². The number of fused-ring (bicyclic) bond motifs is 1. The van der Waals surface area contributed by atoms with E-state index in [2.05, 4.69) is 10.3 Å². The summed E-state index contributed by atoms with van der Waals surface area (Å²) in [7, 11) is 0. The van der Waals surface area contributed by atoms with Gasteiger partial charge in [-0.15, -0.1) is 0 Å². The van der Waals surface area contributed by atoms with Gasteiger partial charge < -0.3 is 15.0 Å². The van der Waals surface area contributed by atoms with E-state index in [1.165, 1.54) is 0 Å². The third kappa shape index (κ3) is 2.93. The average molecular weight is 287 g/mol. The molecule has 0 saturated heterocycles. The summed E-state index contributed by atoms with van der Waals surface area (Å²) in [5, 5.41) is 12.1. The molecule has 0 spiro atoms. The van der Waals surface area contributed by atoms with Crippen LogP contribution < -0.4 is 5.32 Å². The van der Waals surface area contributed by atoms with Crippen LogP contribution >= 0.6 is 0 Å². The minimum Gasteiger partial charge on any atom is -0.394 e. The number of aliphatic hydroxyl groups is 1. The Bertz CT molecular complexity index is 671. The molecule has 0 unspecified atom stereocenters. The Morgan fingerprint density at radius 3 is 2.81 bits per heavy atom. The monoisotopic (exact) mass is 287 g/mol. The van der Waals surface area contributed by atoms with E-state index in [1.807, 2.05) is 28.8 Å². The maximum Gasteiger partial charge on any atom is 0.240 e. The molecule has 1 amide bonds. The van der Waals surface area contributed by atoms with Gasteiger partial charge in [0.25, 0.3) is 0 Å². The molecule has 0 radical (unpaired) electrons. The van der Waals surface area contributed by atoms with Gasteiger partial charge in [-0.25, -0.2) is 4.98 Å². The topological polar surface area (TPSA) is 67.2 Å². The first-order chi connectivity index (χ1) is 10.00. The van der Waals surface area contributed by atoms with E-state index in [-0.39, 0.29) is 19.1 Å². The molecular weight excluding hydrogens is 266 g/mol. The van der Waals surface area contributed by atoms with Crippen molar-refractivity contribution in [2.45, 2.75) is 44.7 Å². The second-order valence-electron chi connectivity index (χ2n) is 6.41. The number of nitrogens with zero attached hydrogens (tertiary/aromatic N) is 2. The van der Waals surface area contributed by atoms with Gasteiger partial charge in [0, 0.05) is 5.92 Å². The lowest BCUT2D eigenvalue weighted by Gasteiger charge is -2.23. The molecule has 0 atom stereocenters. The zero-order chi connectivity index (χ0) is 15.0. The van der Waals surface area contributed by atoms with Crippen molar-refractivity contribution in [1.29, 1.82) is 0 Å². The quantitative estimate of drug-likeness (QED) is 0.881. The summed E-state index contributed by atoms with van der Waals surface area (Å²) >= 11 is 0. The maximum absolute atomic E-state index is 12.3. The molecule has 1 fully saturated rings. The number of carbonyl (C=O) groups is 1. The van der Waals surface area contributed by atoms with Crippen molar-refractivity contribution in [1.82, 2.24) is 14.9 Å². The molecule has 0 aliphatic heterocycles. The second kappa shape index (κ2) is 5.15. The first-order valence-electron chi connectivity index (χ1n) is 7.37. The highest BCUT2D eigenvalue weighted by atomic mass is 16.3. The largest absolute Gasteiger partial charge is 0.394 e. The van der Waals surface area contributed by atoms with E-state index in [1.54, 1.807) is 13.8 Å². The lowest BCUT2D eigenvalue weighted by molar-refractivity contribution is -0.123. The molecule has 2 aromatic rings. The highest BCUT2D eigenvalue weighted by Gasteiger charge is 2.30. The number of aromatic nitrogens is 2. The van der Waals surface area contributed by atoms with E-state index in [0.717, 1.165) is 29.7 Å². The molecular formula is C16H21N3O2. The fourth-order valence-electron chi connectivity index (χ4n) is 2.51. The van der Waals surface area contributed by atoms with Crippen LogP contribution in [0, 0.1) is 0 Å². The number of hydrogen-bond acceptors (Lipinski definition) is 3. The zero-order valence-electron chi connectivity index (χ0n) is 12.5. The Morgan fingerprint density at radius 2 is 2.14 bits per heavy atom. The predicted molar refractivity (Wildman–Crippen MR) is 81.0 cm³/mol. The van der Waals surface area contributed by atoms with Gasteiger partial charge in [-0.3, -0.25) is 4.79 Å². The summed E-state index contributed by atoms with van der Waals surface area (Å²) in [5.41, 5.74) is 1.33. The molecule has 1 aromatic carbocycles. The number of amides is 1. The van der Waals surface area contributed by atoms with Crippen molar-refractivity contribution in [2.24, 2.45) is 0 Å². The molecule has 5 nitrogen and oxygen atoms in total. The molecule has 0 bridgehead atoms. The summed E-state index contributed by atoms with van der Waals surface area (Å²) in [5.74, 6) is 1.39. The Kier molecular flexibility index (Phi) is 3.45. The van der Waals surface area contributed by atoms with Crippen molar-refractivity contribution in [2.75, 3.05) is 6.61 Å². The van der Waals surface area contributed by atoms with Crippen LogP contribution in [-0.2, 0) is 11.3 Å². The zero-order valence-corrected chi connectivity index (χ0v) is 12.5. The van der Waals surface area contributed by atoms with E-state index in [4.69, 9.17) is 0 Å². The first kappa shape index (κ1) is 14.1. The van der Waals surface area contributed by atoms with Crippen LogP contribution in [0.15, 0.2) is 24.3 Å². The first-order valence-corrected chi connectivity index (χ1v) is 7.37. The number of benzene rings is 1. The van der Waals surface area contributed by atoms with Crippen LogP contribution in [0.3, 0.4) is 0 Å².